The third-order valence-corrected chi connectivity index (χ3v) is 2.31. The number of benzene rings is 1. The quantitative estimate of drug-likeness (QED) is 0.349. The zero-order valence-corrected chi connectivity index (χ0v) is 11.1. The van der Waals surface area contributed by atoms with Gasteiger partial charge in [-0.2, -0.15) is 8.78 Å². The fraction of sp³-hybridized carbons (Fsp3) is 0.286. The van der Waals surface area contributed by atoms with Gasteiger partial charge in [0.05, 0.1) is 6.61 Å². The zero-order chi connectivity index (χ0) is 15.1. The van der Waals surface area contributed by atoms with E-state index in [-0.39, 0.29) is 23.5 Å². The van der Waals surface area contributed by atoms with E-state index in [9.17, 15) is 18.4 Å². The molecular weight excluding hydrogens is 270 g/mol. The summed E-state index contributed by atoms with van der Waals surface area (Å²) < 4.78 is 33.6. The summed E-state index contributed by atoms with van der Waals surface area (Å²) >= 11 is 0. The number of esters is 1. The van der Waals surface area contributed by atoms with Crippen LogP contribution in [0.2, 0.25) is 0 Å². The van der Waals surface area contributed by atoms with Gasteiger partial charge in [0.15, 0.2) is 5.78 Å². The van der Waals surface area contributed by atoms with Gasteiger partial charge in [-0.05, 0) is 26.0 Å². The molecule has 0 atom stereocenters. The smallest absolute Gasteiger partial charge is 0.387 e. The third-order valence-electron chi connectivity index (χ3n) is 2.31. The number of rotatable bonds is 6. The van der Waals surface area contributed by atoms with Crippen molar-refractivity contribution in [2.24, 2.45) is 0 Å². The van der Waals surface area contributed by atoms with Gasteiger partial charge in [-0.3, -0.25) is 4.79 Å². The van der Waals surface area contributed by atoms with Crippen LogP contribution in [0.15, 0.2) is 29.8 Å². The summed E-state index contributed by atoms with van der Waals surface area (Å²) in [5, 5.41) is 0. The molecule has 0 aliphatic rings. The van der Waals surface area contributed by atoms with E-state index in [0.717, 1.165) is 0 Å². The zero-order valence-electron chi connectivity index (χ0n) is 11.1. The molecular formula is C14H14F2O4. The van der Waals surface area contributed by atoms with Crippen LogP contribution in [-0.2, 0) is 14.3 Å². The molecule has 4 nitrogen and oxygen atoms in total. The number of halogens is 2. The molecule has 0 N–H and O–H groups in total. The molecule has 0 aliphatic carbocycles. The normalized spacial score (nSPS) is 11.3. The first kappa shape index (κ1) is 15.8. The lowest BCUT2D eigenvalue weighted by Crippen LogP contribution is -2.13. The van der Waals surface area contributed by atoms with Crippen LogP contribution < -0.4 is 4.74 Å². The monoisotopic (exact) mass is 284 g/mol. The molecule has 0 unspecified atom stereocenters. The van der Waals surface area contributed by atoms with Crippen molar-refractivity contribution in [3.05, 3.63) is 35.4 Å². The van der Waals surface area contributed by atoms with E-state index < -0.39 is 18.4 Å². The van der Waals surface area contributed by atoms with Crippen molar-refractivity contribution in [1.29, 1.82) is 0 Å². The molecule has 1 aromatic carbocycles. The van der Waals surface area contributed by atoms with Crippen LogP contribution in [0.5, 0.6) is 5.75 Å². The molecule has 108 valence electrons. The number of ketones is 1. The molecule has 0 aliphatic heterocycles. The lowest BCUT2D eigenvalue weighted by molar-refractivity contribution is -0.139. The highest BCUT2D eigenvalue weighted by atomic mass is 19.3. The Bertz CT molecular complexity index is 524. The highest BCUT2D eigenvalue weighted by Gasteiger charge is 2.17. The Hall–Kier alpha value is -2.24. The number of carbonyl (C=O) groups is 2. The Morgan fingerprint density at radius 2 is 1.95 bits per heavy atom. The minimum atomic E-state index is -2.99. The summed E-state index contributed by atoms with van der Waals surface area (Å²) in [6.07, 6.45) is 1.18. The number of para-hydroxylation sites is 1. The Labute approximate surface area is 115 Å². The van der Waals surface area contributed by atoms with Crippen molar-refractivity contribution in [2.45, 2.75) is 20.5 Å². The van der Waals surface area contributed by atoms with Gasteiger partial charge < -0.3 is 9.47 Å². The molecule has 0 amide bonds. The highest BCUT2D eigenvalue weighted by molar-refractivity contribution is 6.19. The van der Waals surface area contributed by atoms with E-state index in [4.69, 9.17) is 4.74 Å². The van der Waals surface area contributed by atoms with E-state index in [2.05, 4.69) is 4.74 Å². The third kappa shape index (κ3) is 4.46. The SMILES string of the molecule is CCOC(=O)C(=Cc1ccccc1OC(F)F)C(C)=O. The molecule has 1 rings (SSSR count). The van der Waals surface area contributed by atoms with E-state index >= 15 is 0 Å². The topological polar surface area (TPSA) is 52.6 Å². The van der Waals surface area contributed by atoms with Gasteiger partial charge >= 0.3 is 12.6 Å². The number of hydrogen-bond donors (Lipinski definition) is 0. The van der Waals surface area contributed by atoms with E-state index in [0.29, 0.717) is 0 Å². The summed E-state index contributed by atoms with van der Waals surface area (Å²) in [4.78, 5) is 23.1. The Morgan fingerprint density at radius 1 is 1.30 bits per heavy atom. The molecule has 0 saturated carbocycles. The number of ether oxygens (including phenoxy) is 2. The van der Waals surface area contributed by atoms with Crippen molar-refractivity contribution in [3.63, 3.8) is 0 Å². The maximum Gasteiger partial charge on any atom is 0.387 e. The van der Waals surface area contributed by atoms with Crippen molar-refractivity contribution < 1.29 is 27.8 Å². The van der Waals surface area contributed by atoms with Crippen LogP contribution in [0, 0.1) is 0 Å². The summed E-state index contributed by atoms with van der Waals surface area (Å²) in [5.74, 6) is -1.44. The summed E-state index contributed by atoms with van der Waals surface area (Å²) in [5.41, 5.74) is -0.0248. The lowest BCUT2D eigenvalue weighted by Gasteiger charge is -2.09. The number of hydrogen-bond acceptors (Lipinski definition) is 4. The molecule has 0 bridgehead atoms. The highest BCUT2D eigenvalue weighted by Crippen LogP contribution is 2.23. The van der Waals surface area contributed by atoms with Crippen LogP contribution in [0.3, 0.4) is 0 Å². The Balaban J connectivity index is 3.17. The lowest BCUT2D eigenvalue weighted by atomic mass is 10.1. The minimum absolute atomic E-state index is 0.110. The second kappa shape index (κ2) is 7.37. The van der Waals surface area contributed by atoms with Crippen LogP contribution in [0.4, 0.5) is 8.78 Å². The molecule has 6 heteroatoms. The van der Waals surface area contributed by atoms with Gasteiger partial charge in [0, 0.05) is 5.56 Å². The molecule has 0 spiro atoms. The minimum Gasteiger partial charge on any atom is -0.462 e. The molecule has 0 heterocycles. The van der Waals surface area contributed by atoms with Gasteiger partial charge in [-0.15, -0.1) is 0 Å². The van der Waals surface area contributed by atoms with E-state index in [1.54, 1.807) is 13.0 Å². The summed E-state index contributed by atoms with van der Waals surface area (Å²) in [6, 6.07) is 5.86. The second-order valence-electron chi connectivity index (χ2n) is 3.75. The maximum absolute atomic E-state index is 12.3. The van der Waals surface area contributed by atoms with E-state index in [1.165, 1.54) is 31.2 Å². The van der Waals surface area contributed by atoms with Gasteiger partial charge in [-0.25, -0.2) is 4.79 Å². The fourth-order valence-corrected chi connectivity index (χ4v) is 1.47. The van der Waals surface area contributed by atoms with Crippen LogP contribution in [0.25, 0.3) is 6.08 Å². The Kier molecular flexibility index (Phi) is 5.83. The second-order valence-corrected chi connectivity index (χ2v) is 3.75. The summed E-state index contributed by atoms with van der Waals surface area (Å²) in [7, 11) is 0. The van der Waals surface area contributed by atoms with Gasteiger partial charge in [0.1, 0.15) is 11.3 Å². The van der Waals surface area contributed by atoms with Crippen LogP contribution >= 0.6 is 0 Å². The first-order valence-corrected chi connectivity index (χ1v) is 5.89. The molecule has 0 saturated heterocycles. The standard InChI is InChI=1S/C14H14F2O4/c1-3-19-13(18)11(9(2)17)8-10-6-4-5-7-12(10)20-14(15)16/h4-8,14H,3H2,1-2H3. The van der Waals surface area contributed by atoms with Crippen molar-refractivity contribution >= 4 is 17.8 Å². The van der Waals surface area contributed by atoms with E-state index in [1.807, 2.05) is 0 Å². The largest absolute Gasteiger partial charge is 0.462 e. The van der Waals surface area contributed by atoms with Crippen LogP contribution in [-0.4, -0.2) is 25.0 Å². The molecule has 0 aromatic heterocycles. The number of alkyl halides is 2. The molecule has 20 heavy (non-hydrogen) atoms. The van der Waals surface area contributed by atoms with Gasteiger partial charge in [-0.1, -0.05) is 18.2 Å². The number of Topliss-reactive ketones (excluding diaryl/α,β-unsaturated/α-hetero) is 1. The first-order chi connectivity index (χ1) is 9.45. The number of carbonyl (C=O) groups excluding carboxylic acids is 2. The average Bonchev–Trinajstić information content (AvgIpc) is 2.36. The maximum atomic E-state index is 12.3. The van der Waals surface area contributed by atoms with Crippen molar-refractivity contribution in [3.8, 4) is 5.75 Å². The summed E-state index contributed by atoms with van der Waals surface area (Å²) in [6.45, 7) is -0.0884. The molecule has 0 fully saturated rings. The van der Waals surface area contributed by atoms with Crippen molar-refractivity contribution in [1.82, 2.24) is 0 Å². The van der Waals surface area contributed by atoms with Crippen molar-refractivity contribution in [2.75, 3.05) is 6.61 Å². The fourth-order valence-electron chi connectivity index (χ4n) is 1.47. The average molecular weight is 284 g/mol. The predicted molar refractivity (Wildman–Crippen MR) is 68.4 cm³/mol. The Morgan fingerprint density at radius 3 is 2.50 bits per heavy atom. The van der Waals surface area contributed by atoms with Gasteiger partial charge in [0.25, 0.3) is 0 Å². The molecule has 0 radical (unpaired) electrons. The first-order valence-electron chi connectivity index (χ1n) is 5.89. The van der Waals surface area contributed by atoms with Crippen LogP contribution in [0.1, 0.15) is 19.4 Å². The van der Waals surface area contributed by atoms with Gasteiger partial charge in [0.2, 0.25) is 0 Å². The molecule has 1 aromatic rings. The predicted octanol–water partition coefficient (Wildman–Crippen LogP) is 2.82.